The molecule has 0 aliphatic rings. The molecular formula is C25H17NS. The molecule has 2 heterocycles. The summed E-state index contributed by atoms with van der Waals surface area (Å²) in [6, 6.07) is 32.0. The summed E-state index contributed by atoms with van der Waals surface area (Å²) in [5.74, 6) is 0. The van der Waals surface area contributed by atoms with Crippen LogP contribution in [0.1, 0.15) is 0 Å². The monoisotopic (exact) mass is 363 g/mol. The lowest BCUT2D eigenvalue weighted by Gasteiger charge is -2.08. The molecule has 27 heavy (non-hydrogen) atoms. The van der Waals surface area contributed by atoms with E-state index in [1.807, 2.05) is 29.8 Å². The summed E-state index contributed by atoms with van der Waals surface area (Å²) in [5.41, 5.74) is 4.86. The lowest BCUT2D eigenvalue weighted by molar-refractivity contribution is 1.33. The number of fused-ring (bicyclic) bond motifs is 1. The van der Waals surface area contributed by atoms with Crippen LogP contribution in [-0.4, -0.2) is 4.98 Å². The molecule has 0 radical (unpaired) electrons. The van der Waals surface area contributed by atoms with Crippen LogP contribution in [0.15, 0.2) is 103 Å². The summed E-state index contributed by atoms with van der Waals surface area (Å²) in [4.78, 5) is 7.01. The van der Waals surface area contributed by atoms with Crippen molar-refractivity contribution in [2.24, 2.45) is 0 Å². The highest BCUT2D eigenvalue weighted by atomic mass is 32.1. The van der Waals surface area contributed by atoms with Crippen LogP contribution in [0.4, 0.5) is 0 Å². The van der Waals surface area contributed by atoms with Gasteiger partial charge in [-0.05, 0) is 17.2 Å². The predicted molar refractivity (Wildman–Crippen MR) is 116 cm³/mol. The number of hydrogen-bond donors (Lipinski definition) is 0. The second kappa shape index (κ2) is 6.82. The maximum absolute atomic E-state index is 4.40. The summed E-state index contributed by atoms with van der Waals surface area (Å²) in [7, 11) is 0. The van der Waals surface area contributed by atoms with Gasteiger partial charge in [-0.2, -0.15) is 0 Å². The molecule has 0 saturated heterocycles. The molecule has 0 bridgehead atoms. The Hall–Kier alpha value is -3.23. The van der Waals surface area contributed by atoms with E-state index in [9.17, 15) is 0 Å². The Morgan fingerprint density at radius 3 is 1.81 bits per heavy atom. The standard InChI is InChI=1S/C25H17NS/c1-3-9-18(10-4-1)23-17-26-16-15-22(23)25-21-14-8-7-13-20(21)24(27-25)19-11-5-2-6-12-19/h1-17H. The number of rotatable bonds is 3. The van der Waals surface area contributed by atoms with Gasteiger partial charge in [-0.3, -0.25) is 4.98 Å². The minimum atomic E-state index is 1.17. The van der Waals surface area contributed by atoms with E-state index in [1.165, 1.54) is 42.8 Å². The van der Waals surface area contributed by atoms with Crippen LogP contribution in [0.3, 0.4) is 0 Å². The smallest absolute Gasteiger partial charge is 0.0435 e. The van der Waals surface area contributed by atoms with E-state index in [2.05, 4.69) is 89.9 Å². The minimum Gasteiger partial charge on any atom is -0.264 e. The molecule has 3 aromatic carbocycles. The van der Waals surface area contributed by atoms with Crippen molar-refractivity contribution in [3.05, 3.63) is 103 Å². The normalized spacial score (nSPS) is 11.0. The van der Waals surface area contributed by atoms with Crippen LogP contribution in [0.5, 0.6) is 0 Å². The second-order valence-electron chi connectivity index (χ2n) is 6.46. The van der Waals surface area contributed by atoms with Gasteiger partial charge >= 0.3 is 0 Å². The average molecular weight is 363 g/mol. The fourth-order valence-corrected chi connectivity index (χ4v) is 4.86. The molecule has 128 valence electrons. The predicted octanol–water partition coefficient (Wildman–Crippen LogP) is 7.30. The van der Waals surface area contributed by atoms with Gasteiger partial charge in [0.1, 0.15) is 0 Å². The Morgan fingerprint density at radius 2 is 1.11 bits per heavy atom. The van der Waals surface area contributed by atoms with Crippen LogP contribution in [-0.2, 0) is 0 Å². The lowest BCUT2D eigenvalue weighted by atomic mass is 9.98. The number of aromatic nitrogens is 1. The average Bonchev–Trinajstić information content (AvgIpc) is 3.15. The first-order valence-corrected chi connectivity index (χ1v) is 9.80. The molecule has 1 nitrogen and oxygen atoms in total. The van der Waals surface area contributed by atoms with Crippen LogP contribution in [0.2, 0.25) is 0 Å². The number of nitrogens with zero attached hydrogens (tertiary/aromatic N) is 1. The van der Waals surface area contributed by atoms with Gasteiger partial charge in [0.2, 0.25) is 0 Å². The van der Waals surface area contributed by atoms with Crippen molar-refractivity contribution >= 4 is 22.1 Å². The molecule has 0 amide bonds. The van der Waals surface area contributed by atoms with Gasteiger partial charge in [0.25, 0.3) is 0 Å². The molecule has 5 rings (SSSR count). The van der Waals surface area contributed by atoms with Crippen molar-refractivity contribution in [1.29, 1.82) is 0 Å². The zero-order valence-electron chi connectivity index (χ0n) is 14.7. The first-order valence-electron chi connectivity index (χ1n) is 8.98. The second-order valence-corrected chi connectivity index (χ2v) is 7.48. The molecule has 0 N–H and O–H groups in total. The molecule has 2 aromatic heterocycles. The van der Waals surface area contributed by atoms with E-state index in [0.717, 1.165) is 0 Å². The highest BCUT2D eigenvalue weighted by Crippen LogP contribution is 2.46. The topological polar surface area (TPSA) is 12.9 Å². The molecular weight excluding hydrogens is 346 g/mol. The van der Waals surface area contributed by atoms with Gasteiger partial charge in [-0.25, -0.2) is 0 Å². The lowest BCUT2D eigenvalue weighted by Crippen LogP contribution is -1.85. The Balaban J connectivity index is 1.79. The third kappa shape index (κ3) is 2.84. The molecule has 0 spiro atoms. The molecule has 0 atom stereocenters. The Labute approximate surface area is 162 Å². The van der Waals surface area contributed by atoms with E-state index >= 15 is 0 Å². The summed E-state index contributed by atoms with van der Waals surface area (Å²) in [6.07, 6.45) is 3.86. The van der Waals surface area contributed by atoms with Gasteiger partial charge in [0, 0.05) is 44.0 Å². The summed E-state index contributed by atoms with van der Waals surface area (Å²) in [5, 5.41) is 2.60. The van der Waals surface area contributed by atoms with Crippen molar-refractivity contribution in [2.45, 2.75) is 0 Å². The Bertz CT molecular complexity index is 1210. The van der Waals surface area contributed by atoms with Crippen molar-refractivity contribution < 1.29 is 0 Å². The molecule has 2 heteroatoms. The minimum absolute atomic E-state index is 1.17. The van der Waals surface area contributed by atoms with Gasteiger partial charge in [-0.1, -0.05) is 84.9 Å². The first-order chi connectivity index (χ1) is 13.4. The number of benzene rings is 3. The molecule has 0 aliphatic carbocycles. The zero-order chi connectivity index (χ0) is 18.1. The molecule has 0 unspecified atom stereocenters. The quantitative estimate of drug-likeness (QED) is 0.328. The Kier molecular flexibility index (Phi) is 4.04. The zero-order valence-corrected chi connectivity index (χ0v) is 15.5. The summed E-state index contributed by atoms with van der Waals surface area (Å²) in [6.45, 7) is 0. The third-order valence-electron chi connectivity index (χ3n) is 4.81. The van der Waals surface area contributed by atoms with Crippen LogP contribution >= 0.6 is 11.3 Å². The van der Waals surface area contributed by atoms with E-state index in [-0.39, 0.29) is 0 Å². The largest absolute Gasteiger partial charge is 0.264 e. The maximum Gasteiger partial charge on any atom is 0.0435 e. The van der Waals surface area contributed by atoms with Crippen molar-refractivity contribution in [3.63, 3.8) is 0 Å². The highest BCUT2D eigenvalue weighted by Gasteiger charge is 2.16. The van der Waals surface area contributed by atoms with Crippen molar-refractivity contribution in [2.75, 3.05) is 0 Å². The number of hydrogen-bond acceptors (Lipinski definition) is 2. The van der Waals surface area contributed by atoms with Crippen molar-refractivity contribution in [1.82, 2.24) is 4.98 Å². The molecule has 0 aliphatic heterocycles. The summed E-state index contributed by atoms with van der Waals surface area (Å²) < 4.78 is 0. The van der Waals surface area contributed by atoms with E-state index in [0.29, 0.717) is 0 Å². The fourth-order valence-electron chi connectivity index (χ4n) is 3.54. The van der Waals surface area contributed by atoms with E-state index < -0.39 is 0 Å². The van der Waals surface area contributed by atoms with Gasteiger partial charge in [0.15, 0.2) is 0 Å². The Morgan fingerprint density at radius 1 is 0.519 bits per heavy atom. The first kappa shape index (κ1) is 16.0. The van der Waals surface area contributed by atoms with E-state index in [1.54, 1.807) is 0 Å². The molecule has 0 fully saturated rings. The van der Waals surface area contributed by atoms with Gasteiger partial charge in [-0.15, -0.1) is 11.3 Å². The van der Waals surface area contributed by atoms with Crippen molar-refractivity contribution in [3.8, 4) is 32.0 Å². The van der Waals surface area contributed by atoms with Gasteiger partial charge in [0.05, 0.1) is 0 Å². The number of pyridine rings is 1. The van der Waals surface area contributed by atoms with E-state index in [4.69, 9.17) is 0 Å². The van der Waals surface area contributed by atoms with Crippen LogP contribution < -0.4 is 0 Å². The fraction of sp³-hybridized carbons (Fsp3) is 0. The van der Waals surface area contributed by atoms with Gasteiger partial charge < -0.3 is 0 Å². The SMILES string of the molecule is c1ccc(-c2cnccc2-c2sc(-c3ccccc3)c3ccccc23)cc1. The summed E-state index contributed by atoms with van der Waals surface area (Å²) >= 11 is 1.86. The third-order valence-corrected chi connectivity index (χ3v) is 6.11. The van der Waals surface area contributed by atoms with Crippen LogP contribution in [0, 0.1) is 0 Å². The molecule has 5 aromatic rings. The number of thiophene rings is 1. The maximum atomic E-state index is 4.40. The highest BCUT2D eigenvalue weighted by molar-refractivity contribution is 7.21. The molecule has 0 saturated carbocycles. The van der Waals surface area contributed by atoms with Crippen LogP contribution in [0.25, 0.3) is 42.8 Å².